The van der Waals surface area contributed by atoms with Gasteiger partial charge in [-0.3, -0.25) is 4.79 Å². The smallest absolute Gasteiger partial charge is 0.266 e. The van der Waals surface area contributed by atoms with Gasteiger partial charge in [-0.2, -0.15) is 5.26 Å². The van der Waals surface area contributed by atoms with Crippen LogP contribution in [0.5, 0.6) is 0 Å². The molecule has 0 aliphatic carbocycles. The highest BCUT2D eigenvalue weighted by Crippen LogP contribution is 2.16. The Morgan fingerprint density at radius 2 is 2.11 bits per heavy atom. The minimum absolute atomic E-state index is 0.0554. The first kappa shape index (κ1) is 13.0. The van der Waals surface area contributed by atoms with E-state index in [1.807, 2.05) is 17.5 Å². The number of amides is 1. The van der Waals surface area contributed by atoms with Crippen molar-refractivity contribution in [2.75, 3.05) is 5.32 Å². The highest BCUT2D eigenvalue weighted by molar-refractivity contribution is 7.10. The van der Waals surface area contributed by atoms with Crippen molar-refractivity contribution in [1.82, 2.24) is 0 Å². The van der Waals surface area contributed by atoms with Crippen molar-refractivity contribution >= 4 is 29.0 Å². The van der Waals surface area contributed by atoms with E-state index in [9.17, 15) is 9.18 Å². The molecule has 1 heterocycles. The summed E-state index contributed by atoms with van der Waals surface area (Å²) in [6.07, 6.45) is 1.47. The zero-order valence-electron chi connectivity index (χ0n) is 9.76. The lowest BCUT2D eigenvalue weighted by Crippen LogP contribution is -2.14. The zero-order valence-corrected chi connectivity index (χ0v) is 10.6. The second kappa shape index (κ2) is 5.94. The molecule has 19 heavy (non-hydrogen) atoms. The Morgan fingerprint density at radius 1 is 1.32 bits per heavy atom. The van der Waals surface area contributed by atoms with E-state index >= 15 is 0 Å². The van der Waals surface area contributed by atoms with Crippen LogP contribution in [0.15, 0.2) is 47.4 Å². The number of halogens is 1. The van der Waals surface area contributed by atoms with Crippen LogP contribution in [0.4, 0.5) is 10.1 Å². The second-order valence-electron chi connectivity index (χ2n) is 3.62. The van der Waals surface area contributed by atoms with Gasteiger partial charge in [-0.25, -0.2) is 4.39 Å². The summed E-state index contributed by atoms with van der Waals surface area (Å²) in [5, 5.41) is 13.2. The van der Waals surface area contributed by atoms with Crippen LogP contribution in [0.1, 0.15) is 4.88 Å². The van der Waals surface area contributed by atoms with E-state index in [1.165, 1.54) is 35.6 Å². The molecule has 1 N–H and O–H groups in total. The maximum absolute atomic E-state index is 13.4. The molecule has 3 nitrogen and oxygen atoms in total. The molecule has 0 unspecified atom stereocenters. The van der Waals surface area contributed by atoms with Gasteiger partial charge in [0, 0.05) is 4.88 Å². The van der Waals surface area contributed by atoms with Crippen LogP contribution in [0.25, 0.3) is 6.08 Å². The van der Waals surface area contributed by atoms with E-state index in [4.69, 9.17) is 5.26 Å². The third-order valence-electron chi connectivity index (χ3n) is 2.32. The van der Waals surface area contributed by atoms with Crippen LogP contribution >= 0.6 is 11.3 Å². The first-order chi connectivity index (χ1) is 9.20. The number of hydrogen-bond donors (Lipinski definition) is 1. The fraction of sp³-hybridized carbons (Fsp3) is 0. The van der Waals surface area contributed by atoms with Crippen molar-refractivity contribution in [3.05, 3.63) is 58.0 Å². The summed E-state index contributed by atoms with van der Waals surface area (Å²) in [5.74, 6) is -1.16. The van der Waals surface area contributed by atoms with E-state index in [0.29, 0.717) is 0 Å². The van der Waals surface area contributed by atoms with Crippen LogP contribution < -0.4 is 5.32 Å². The minimum Gasteiger partial charge on any atom is -0.319 e. The Hall–Kier alpha value is -2.45. The number of thiophene rings is 1. The molecule has 0 aliphatic rings. The molecule has 0 bridgehead atoms. The largest absolute Gasteiger partial charge is 0.319 e. The van der Waals surface area contributed by atoms with Gasteiger partial charge in [0.1, 0.15) is 17.5 Å². The van der Waals surface area contributed by atoms with Gasteiger partial charge in [0.25, 0.3) is 5.91 Å². The van der Waals surface area contributed by atoms with Gasteiger partial charge >= 0.3 is 0 Å². The van der Waals surface area contributed by atoms with Crippen molar-refractivity contribution in [2.45, 2.75) is 0 Å². The Kier molecular flexibility index (Phi) is 4.06. The Balaban J connectivity index is 2.19. The molecule has 94 valence electrons. The van der Waals surface area contributed by atoms with Gasteiger partial charge in [-0.05, 0) is 29.7 Å². The van der Waals surface area contributed by atoms with Crippen molar-refractivity contribution in [3.8, 4) is 6.07 Å². The molecule has 2 rings (SSSR count). The average molecular weight is 272 g/mol. The molecule has 0 fully saturated rings. The minimum atomic E-state index is -0.624. The summed E-state index contributed by atoms with van der Waals surface area (Å²) < 4.78 is 13.4. The summed E-state index contributed by atoms with van der Waals surface area (Å²) >= 11 is 1.41. The first-order valence-corrected chi connectivity index (χ1v) is 6.30. The lowest BCUT2D eigenvalue weighted by atomic mass is 10.2. The van der Waals surface area contributed by atoms with Crippen LogP contribution in [-0.2, 0) is 4.79 Å². The molecule has 1 aromatic carbocycles. The molecule has 0 spiro atoms. The number of hydrogen-bond acceptors (Lipinski definition) is 3. The third-order valence-corrected chi connectivity index (χ3v) is 3.14. The topological polar surface area (TPSA) is 52.9 Å². The molecule has 0 aliphatic heterocycles. The summed E-state index contributed by atoms with van der Waals surface area (Å²) in [6.45, 7) is 0. The first-order valence-electron chi connectivity index (χ1n) is 5.42. The number of benzene rings is 1. The number of para-hydroxylation sites is 1. The number of anilines is 1. The summed E-state index contributed by atoms with van der Waals surface area (Å²) in [6, 6.07) is 11.2. The monoisotopic (exact) mass is 272 g/mol. The number of nitrogens with zero attached hydrogens (tertiary/aromatic N) is 1. The zero-order chi connectivity index (χ0) is 13.7. The lowest BCUT2D eigenvalue weighted by molar-refractivity contribution is -0.112. The molecular formula is C14H9FN2OS. The van der Waals surface area contributed by atoms with Gasteiger partial charge in [0.2, 0.25) is 0 Å². The third kappa shape index (κ3) is 3.27. The maximum atomic E-state index is 13.4. The summed E-state index contributed by atoms with van der Waals surface area (Å²) in [5.41, 5.74) is -0.00877. The molecule has 2 aromatic rings. The Bertz CT molecular complexity index is 656. The second-order valence-corrected chi connectivity index (χ2v) is 4.60. The number of rotatable bonds is 3. The van der Waals surface area contributed by atoms with Crippen molar-refractivity contribution in [1.29, 1.82) is 5.26 Å². The molecule has 5 heteroatoms. The summed E-state index contributed by atoms with van der Waals surface area (Å²) in [7, 11) is 0. The summed E-state index contributed by atoms with van der Waals surface area (Å²) in [4.78, 5) is 12.7. The van der Waals surface area contributed by atoms with Crippen LogP contribution in [-0.4, -0.2) is 5.91 Å². The molecule has 0 saturated carbocycles. The quantitative estimate of drug-likeness (QED) is 0.687. The molecule has 1 amide bonds. The van der Waals surface area contributed by atoms with Crippen LogP contribution in [0.2, 0.25) is 0 Å². The van der Waals surface area contributed by atoms with Gasteiger partial charge in [0.15, 0.2) is 0 Å². The Morgan fingerprint density at radius 3 is 2.74 bits per heavy atom. The maximum Gasteiger partial charge on any atom is 0.266 e. The highest BCUT2D eigenvalue weighted by atomic mass is 32.1. The van der Waals surface area contributed by atoms with Crippen molar-refractivity contribution in [3.63, 3.8) is 0 Å². The van der Waals surface area contributed by atoms with Gasteiger partial charge < -0.3 is 5.32 Å². The van der Waals surface area contributed by atoms with E-state index in [-0.39, 0.29) is 11.3 Å². The number of carbonyl (C=O) groups excluding carboxylic acids is 1. The van der Waals surface area contributed by atoms with Crippen LogP contribution in [0, 0.1) is 17.1 Å². The van der Waals surface area contributed by atoms with Crippen molar-refractivity contribution in [2.24, 2.45) is 0 Å². The standard InChI is InChI=1S/C14H9FN2OS/c15-12-5-1-2-6-13(12)17-14(18)10(9-16)8-11-4-3-7-19-11/h1-8H,(H,17,18). The van der Waals surface area contributed by atoms with Crippen molar-refractivity contribution < 1.29 is 9.18 Å². The highest BCUT2D eigenvalue weighted by Gasteiger charge is 2.11. The fourth-order valence-corrected chi connectivity index (χ4v) is 2.07. The Labute approximate surface area is 113 Å². The fourth-order valence-electron chi connectivity index (χ4n) is 1.42. The number of nitrogens with one attached hydrogen (secondary N) is 1. The molecule has 0 atom stereocenters. The van der Waals surface area contributed by atoms with E-state index < -0.39 is 11.7 Å². The molecule has 0 radical (unpaired) electrons. The number of nitriles is 1. The van der Waals surface area contributed by atoms with E-state index in [1.54, 1.807) is 12.1 Å². The van der Waals surface area contributed by atoms with E-state index in [2.05, 4.69) is 5.32 Å². The predicted octanol–water partition coefficient (Wildman–Crippen LogP) is 3.43. The van der Waals surface area contributed by atoms with E-state index in [0.717, 1.165) is 4.88 Å². The molecule has 0 saturated heterocycles. The van der Waals surface area contributed by atoms with Gasteiger partial charge in [-0.1, -0.05) is 18.2 Å². The normalized spacial score (nSPS) is 10.8. The molecular weight excluding hydrogens is 263 g/mol. The van der Waals surface area contributed by atoms with Gasteiger partial charge in [0.05, 0.1) is 5.69 Å². The number of carbonyl (C=O) groups is 1. The van der Waals surface area contributed by atoms with Crippen LogP contribution in [0.3, 0.4) is 0 Å². The van der Waals surface area contributed by atoms with Gasteiger partial charge in [-0.15, -0.1) is 11.3 Å². The lowest BCUT2D eigenvalue weighted by Gasteiger charge is -2.04. The average Bonchev–Trinajstić information content (AvgIpc) is 2.91. The SMILES string of the molecule is N#CC(=Cc1cccs1)C(=O)Nc1ccccc1F. The molecule has 1 aromatic heterocycles. The predicted molar refractivity (Wildman–Crippen MR) is 72.9 cm³/mol.